The van der Waals surface area contributed by atoms with Crippen molar-refractivity contribution in [3.05, 3.63) is 11.4 Å². The summed E-state index contributed by atoms with van der Waals surface area (Å²) in [6.45, 7) is 6.82. The molecule has 1 N–H and O–H groups in total. The predicted octanol–water partition coefficient (Wildman–Crippen LogP) is 0.911. The first-order chi connectivity index (χ1) is 9.12. The lowest BCUT2D eigenvalue weighted by atomic mass is 10.2. The molecule has 1 aromatic rings. The van der Waals surface area contributed by atoms with Crippen molar-refractivity contribution >= 4 is 16.0 Å². The normalized spacial score (nSPS) is 13.7. The van der Waals surface area contributed by atoms with Crippen LogP contribution < -0.4 is 0 Å². The molecular formula is C12H21N3O4S. The summed E-state index contributed by atoms with van der Waals surface area (Å²) in [4.78, 5) is 11.0. The Morgan fingerprint density at radius 3 is 2.35 bits per heavy atom. The summed E-state index contributed by atoms with van der Waals surface area (Å²) < 4.78 is 28.2. The minimum absolute atomic E-state index is 0.166. The van der Waals surface area contributed by atoms with Crippen LogP contribution in [0.2, 0.25) is 0 Å². The average Bonchev–Trinajstić information content (AvgIpc) is 2.52. The molecule has 0 radical (unpaired) electrons. The van der Waals surface area contributed by atoms with E-state index in [4.69, 9.17) is 5.11 Å². The summed E-state index contributed by atoms with van der Waals surface area (Å²) in [7, 11) is -2.07. The molecule has 8 heteroatoms. The smallest absolute Gasteiger partial charge is 0.304 e. The minimum atomic E-state index is -3.75. The van der Waals surface area contributed by atoms with Gasteiger partial charge >= 0.3 is 5.97 Å². The number of hydrogen-bond donors (Lipinski definition) is 1. The van der Waals surface area contributed by atoms with E-state index in [1.165, 1.54) is 8.99 Å². The van der Waals surface area contributed by atoms with Crippen LogP contribution in [0.3, 0.4) is 0 Å². The second kappa shape index (κ2) is 5.92. The summed E-state index contributed by atoms with van der Waals surface area (Å²) >= 11 is 0. The SMILES string of the molecule is CCN(C(C)CC(=O)O)S(=O)(=O)c1c(C)nn(C)c1C. The van der Waals surface area contributed by atoms with Crippen LogP contribution in [0.1, 0.15) is 31.7 Å². The molecule has 0 saturated carbocycles. The monoisotopic (exact) mass is 303 g/mol. The Kier molecular flexibility index (Phi) is 4.93. The number of aliphatic carboxylic acids is 1. The first-order valence-electron chi connectivity index (χ1n) is 6.36. The number of hydrogen-bond acceptors (Lipinski definition) is 4. The van der Waals surface area contributed by atoms with E-state index >= 15 is 0 Å². The van der Waals surface area contributed by atoms with Crippen LogP contribution in [0.5, 0.6) is 0 Å². The van der Waals surface area contributed by atoms with Crippen molar-refractivity contribution in [3.8, 4) is 0 Å². The third-order valence-corrected chi connectivity index (χ3v) is 5.62. The van der Waals surface area contributed by atoms with Crippen molar-refractivity contribution in [1.82, 2.24) is 14.1 Å². The van der Waals surface area contributed by atoms with Crippen molar-refractivity contribution in [2.45, 2.75) is 45.1 Å². The highest BCUT2D eigenvalue weighted by Gasteiger charge is 2.33. The first kappa shape index (κ1) is 16.6. The van der Waals surface area contributed by atoms with Gasteiger partial charge in [0.1, 0.15) is 4.90 Å². The molecule has 0 amide bonds. The topological polar surface area (TPSA) is 92.5 Å². The second-order valence-corrected chi connectivity index (χ2v) is 6.61. The van der Waals surface area contributed by atoms with E-state index in [0.717, 1.165) is 0 Å². The molecule has 1 unspecified atom stereocenters. The molecule has 0 aliphatic heterocycles. The quantitative estimate of drug-likeness (QED) is 0.843. The molecule has 20 heavy (non-hydrogen) atoms. The Hall–Kier alpha value is -1.41. The van der Waals surface area contributed by atoms with Crippen LogP contribution in [-0.2, 0) is 21.9 Å². The van der Waals surface area contributed by atoms with E-state index in [-0.39, 0.29) is 17.9 Å². The summed E-state index contributed by atoms with van der Waals surface area (Å²) in [5.74, 6) is -1.02. The number of carboxylic acids is 1. The van der Waals surface area contributed by atoms with Gasteiger partial charge in [0, 0.05) is 19.6 Å². The highest BCUT2D eigenvalue weighted by atomic mass is 32.2. The number of nitrogens with zero attached hydrogens (tertiary/aromatic N) is 3. The van der Waals surface area contributed by atoms with Gasteiger partial charge in [-0.2, -0.15) is 9.40 Å². The number of carbonyl (C=O) groups is 1. The van der Waals surface area contributed by atoms with Crippen molar-refractivity contribution in [3.63, 3.8) is 0 Å². The van der Waals surface area contributed by atoms with E-state index in [9.17, 15) is 13.2 Å². The van der Waals surface area contributed by atoms with Crippen molar-refractivity contribution < 1.29 is 18.3 Å². The second-order valence-electron chi connectivity index (χ2n) is 4.78. The maximum atomic E-state index is 12.7. The largest absolute Gasteiger partial charge is 0.481 e. The molecule has 0 aliphatic carbocycles. The van der Waals surface area contributed by atoms with E-state index < -0.39 is 22.0 Å². The lowest BCUT2D eigenvalue weighted by Gasteiger charge is -2.26. The third kappa shape index (κ3) is 3.01. The Morgan fingerprint density at radius 2 is 2.00 bits per heavy atom. The third-order valence-electron chi connectivity index (χ3n) is 3.28. The van der Waals surface area contributed by atoms with Gasteiger partial charge in [0.25, 0.3) is 0 Å². The van der Waals surface area contributed by atoms with Crippen LogP contribution in [0.25, 0.3) is 0 Å². The Labute approximate surface area is 119 Å². The van der Waals surface area contributed by atoms with Gasteiger partial charge in [-0.3, -0.25) is 9.48 Å². The van der Waals surface area contributed by atoms with Gasteiger partial charge in [0.15, 0.2) is 0 Å². The average molecular weight is 303 g/mol. The van der Waals surface area contributed by atoms with E-state index in [1.54, 1.807) is 34.7 Å². The lowest BCUT2D eigenvalue weighted by Crippen LogP contribution is -2.40. The summed E-state index contributed by atoms with van der Waals surface area (Å²) in [6.07, 6.45) is -0.231. The van der Waals surface area contributed by atoms with E-state index in [1.807, 2.05) is 0 Å². The molecule has 0 saturated heterocycles. The van der Waals surface area contributed by atoms with Crippen molar-refractivity contribution in [2.75, 3.05) is 6.54 Å². The van der Waals surface area contributed by atoms with Gasteiger partial charge in [-0.15, -0.1) is 0 Å². The zero-order chi connectivity index (χ0) is 15.7. The molecule has 1 atom stereocenters. The van der Waals surface area contributed by atoms with Gasteiger partial charge in [0.2, 0.25) is 10.0 Å². The van der Waals surface area contributed by atoms with Crippen LogP contribution in [-0.4, -0.2) is 46.2 Å². The summed E-state index contributed by atoms with van der Waals surface area (Å²) in [6, 6.07) is -0.610. The predicted molar refractivity (Wildman–Crippen MR) is 74.0 cm³/mol. The molecule has 0 bridgehead atoms. The van der Waals surface area contributed by atoms with Crippen LogP contribution in [0, 0.1) is 13.8 Å². The van der Waals surface area contributed by atoms with Crippen LogP contribution in [0.15, 0.2) is 4.90 Å². The molecule has 114 valence electrons. The highest BCUT2D eigenvalue weighted by Crippen LogP contribution is 2.25. The molecule has 0 aromatic carbocycles. The van der Waals surface area contributed by atoms with E-state index in [0.29, 0.717) is 11.4 Å². The maximum absolute atomic E-state index is 12.7. The van der Waals surface area contributed by atoms with Gasteiger partial charge in [0.05, 0.1) is 17.8 Å². The molecule has 1 rings (SSSR count). The molecule has 1 aromatic heterocycles. The van der Waals surface area contributed by atoms with Crippen LogP contribution in [0.4, 0.5) is 0 Å². The molecule has 0 spiro atoms. The number of aryl methyl sites for hydroxylation is 2. The standard InChI is InChI=1S/C12H21N3O4S/c1-6-15(8(2)7-11(16)17)20(18,19)12-9(3)13-14(5)10(12)4/h8H,6-7H2,1-5H3,(H,16,17). The maximum Gasteiger partial charge on any atom is 0.304 e. The van der Waals surface area contributed by atoms with Gasteiger partial charge in [-0.05, 0) is 20.8 Å². The first-order valence-corrected chi connectivity index (χ1v) is 7.80. The lowest BCUT2D eigenvalue weighted by molar-refractivity contribution is -0.137. The molecule has 0 fully saturated rings. The fourth-order valence-corrected chi connectivity index (χ4v) is 4.36. The van der Waals surface area contributed by atoms with Crippen LogP contribution >= 0.6 is 0 Å². The zero-order valence-corrected chi connectivity index (χ0v) is 13.2. The molecule has 0 aliphatic rings. The Balaban J connectivity index is 3.29. The Morgan fingerprint density at radius 1 is 1.45 bits per heavy atom. The summed E-state index contributed by atoms with van der Waals surface area (Å²) in [5.41, 5.74) is 0.967. The Bertz CT molecular complexity index is 606. The number of aromatic nitrogens is 2. The van der Waals surface area contributed by atoms with Gasteiger partial charge < -0.3 is 5.11 Å². The highest BCUT2D eigenvalue weighted by molar-refractivity contribution is 7.89. The fourth-order valence-electron chi connectivity index (χ4n) is 2.32. The number of sulfonamides is 1. The van der Waals surface area contributed by atoms with Gasteiger partial charge in [-0.1, -0.05) is 6.92 Å². The molecular weight excluding hydrogens is 282 g/mol. The van der Waals surface area contributed by atoms with Crippen molar-refractivity contribution in [2.24, 2.45) is 7.05 Å². The number of rotatable bonds is 6. The summed E-state index contributed by atoms with van der Waals surface area (Å²) in [5, 5.41) is 12.9. The molecule has 1 heterocycles. The fraction of sp³-hybridized carbons (Fsp3) is 0.667. The van der Waals surface area contributed by atoms with Gasteiger partial charge in [-0.25, -0.2) is 8.42 Å². The minimum Gasteiger partial charge on any atom is -0.481 e. The molecule has 7 nitrogen and oxygen atoms in total. The van der Waals surface area contributed by atoms with E-state index in [2.05, 4.69) is 5.10 Å². The number of carboxylic acid groups (broad SMARTS) is 1. The van der Waals surface area contributed by atoms with Crippen molar-refractivity contribution in [1.29, 1.82) is 0 Å². The zero-order valence-electron chi connectivity index (χ0n) is 12.4.